The molecule has 156 valence electrons. The lowest BCUT2D eigenvalue weighted by molar-refractivity contribution is -0.146. The van der Waals surface area contributed by atoms with E-state index in [-0.39, 0.29) is 15.6 Å². The Bertz CT molecular complexity index is 858. The normalized spacial score (nSPS) is 16.1. The second-order valence-electron chi connectivity index (χ2n) is 5.80. The summed E-state index contributed by atoms with van der Waals surface area (Å²) in [6.07, 6.45) is 0.869. The van der Waals surface area contributed by atoms with E-state index in [4.69, 9.17) is 31.5 Å². The molecule has 1 fully saturated rings. The van der Waals surface area contributed by atoms with Gasteiger partial charge in [0, 0.05) is 6.42 Å². The van der Waals surface area contributed by atoms with Crippen LogP contribution < -0.4 is 14.2 Å². The molecule has 1 amide bonds. The molecule has 0 spiro atoms. The molecule has 1 aliphatic heterocycles. The highest BCUT2D eigenvalue weighted by Crippen LogP contribution is 2.40. The van der Waals surface area contributed by atoms with Gasteiger partial charge in [0.2, 0.25) is 5.75 Å². The van der Waals surface area contributed by atoms with E-state index in [2.05, 4.69) is 0 Å². The van der Waals surface area contributed by atoms with Crippen molar-refractivity contribution in [3.05, 3.63) is 22.6 Å². The zero-order chi connectivity index (χ0) is 21.7. The van der Waals surface area contributed by atoms with E-state index >= 15 is 0 Å². The third-order valence-corrected chi connectivity index (χ3v) is 5.37. The average molecular weight is 441 g/mol. The van der Waals surface area contributed by atoms with Gasteiger partial charge in [-0.2, -0.15) is 0 Å². The number of carboxylic acid groups (broad SMARTS) is 2. The molecule has 0 saturated carbocycles. The van der Waals surface area contributed by atoms with Crippen molar-refractivity contribution in [2.75, 3.05) is 21.3 Å². The van der Waals surface area contributed by atoms with Crippen molar-refractivity contribution < 1.29 is 38.8 Å². The SMILES string of the molecule is COc1cc(/C=C2\SC(=S)N([C@@H](CCC(=O)O)C(=O)O)C2=O)cc(OC)c1OC. The minimum absolute atomic E-state index is 0.0477. The largest absolute Gasteiger partial charge is 0.493 e. The number of rotatable bonds is 9. The summed E-state index contributed by atoms with van der Waals surface area (Å²) in [7, 11) is 4.38. The number of hydrogen-bond donors (Lipinski definition) is 2. The Labute approximate surface area is 176 Å². The van der Waals surface area contributed by atoms with Crippen LogP contribution in [-0.4, -0.2) is 64.7 Å². The van der Waals surface area contributed by atoms with Crippen molar-refractivity contribution in [3.8, 4) is 17.2 Å². The topological polar surface area (TPSA) is 123 Å². The predicted molar refractivity (Wildman–Crippen MR) is 109 cm³/mol. The predicted octanol–water partition coefficient (Wildman–Crippen LogP) is 2.23. The summed E-state index contributed by atoms with van der Waals surface area (Å²) in [4.78, 5) is 36.3. The van der Waals surface area contributed by atoms with Gasteiger partial charge in [0.1, 0.15) is 10.4 Å². The van der Waals surface area contributed by atoms with E-state index in [1.165, 1.54) is 27.4 Å². The van der Waals surface area contributed by atoms with Crippen LogP contribution in [0.15, 0.2) is 17.0 Å². The monoisotopic (exact) mass is 441 g/mol. The second-order valence-corrected chi connectivity index (χ2v) is 7.47. The first-order valence-electron chi connectivity index (χ1n) is 8.25. The van der Waals surface area contributed by atoms with Gasteiger partial charge in [-0.1, -0.05) is 24.0 Å². The molecule has 9 nitrogen and oxygen atoms in total. The summed E-state index contributed by atoms with van der Waals surface area (Å²) < 4.78 is 15.9. The van der Waals surface area contributed by atoms with Crippen LogP contribution in [0.5, 0.6) is 17.2 Å². The molecule has 0 aromatic heterocycles. The number of hydrogen-bond acceptors (Lipinski definition) is 8. The molecule has 1 saturated heterocycles. The fourth-order valence-electron chi connectivity index (χ4n) is 2.71. The number of benzene rings is 1. The van der Waals surface area contributed by atoms with Crippen molar-refractivity contribution >= 4 is 52.2 Å². The molecule has 1 aromatic rings. The second kappa shape index (κ2) is 9.61. The smallest absolute Gasteiger partial charge is 0.326 e. The maximum atomic E-state index is 12.8. The van der Waals surface area contributed by atoms with E-state index in [1.807, 2.05) is 0 Å². The van der Waals surface area contributed by atoms with Gasteiger partial charge in [-0.3, -0.25) is 14.5 Å². The number of carbonyl (C=O) groups excluding carboxylic acids is 1. The van der Waals surface area contributed by atoms with Crippen LogP contribution >= 0.6 is 24.0 Å². The standard InChI is InChI=1S/C18H19NO8S2/c1-25-11-6-9(7-12(26-2)15(11)27-3)8-13-16(22)19(18(28)29-13)10(17(23)24)4-5-14(20)21/h6-8,10H,4-5H2,1-3H3,(H,20,21)(H,23,24)/b13-8-/t10-/m0/s1. The summed E-state index contributed by atoms with van der Waals surface area (Å²) in [5.41, 5.74) is 0.553. The van der Waals surface area contributed by atoms with Gasteiger partial charge in [0.25, 0.3) is 5.91 Å². The number of thiocarbonyl (C=S) groups is 1. The number of nitrogens with zero attached hydrogens (tertiary/aromatic N) is 1. The number of ether oxygens (including phenoxy) is 3. The van der Waals surface area contributed by atoms with E-state index in [0.29, 0.717) is 22.8 Å². The highest BCUT2D eigenvalue weighted by molar-refractivity contribution is 8.26. The maximum Gasteiger partial charge on any atom is 0.326 e. The number of methoxy groups -OCH3 is 3. The Balaban J connectivity index is 2.38. The van der Waals surface area contributed by atoms with Crippen LogP contribution in [0.25, 0.3) is 6.08 Å². The first-order valence-corrected chi connectivity index (χ1v) is 9.47. The zero-order valence-electron chi connectivity index (χ0n) is 15.8. The molecule has 0 radical (unpaired) electrons. The Hall–Kier alpha value is -2.79. The van der Waals surface area contributed by atoms with E-state index in [0.717, 1.165) is 16.7 Å². The van der Waals surface area contributed by atoms with Crippen molar-refractivity contribution in [2.24, 2.45) is 0 Å². The van der Waals surface area contributed by atoms with Gasteiger partial charge >= 0.3 is 11.9 Å². The Morgan fingerprint density at radius 1 is 1.17 bits per heavy atom. The van der Waals surface area contributed by atoms with Crippen LogP contribution in [-0.2, 0) is 14.4 Å². The number of carbonyl (C=O) groups is 3. The van der Waals surface area contributed by atoms with Gasteiger partial charge in [-0.25, -0.2) is 4.79 Å². The van der Waals surface area contributed by atoms with Crippen molar-refractivity contribution in [1.29, 1.82) is 0 Å². The van der Waals surface area contributed by atoms with E-state index < -0.39 is 30.3 Å². The molecule has 0 unspecified atom stereocenters. The van der Waals surface area contributed by atoms with Crippen molar-refractivity contribution in [1.82, 2.24) is 4.90 Å². The third-order valence-electron chi connectivity index (χ3n) is 4.04. The summed E-state index contributed by atoms with van der Waals surface area (Å²) in [5.74, 6) is -1.92. The molecule has 1 aliphatic rings. The molecular formula is C18H19NO8S2. The van der Waals surface area contributed by atoms with Crippen LogP contribution in [0.3, 0.4) is 0 Å². The van der Waals surface area contributed by atoms with Gasteiger partial charge in [-0.05, 0) is 30.2 Å². The summed E-state index contributed by atoms with van der Waals surface area (Å²) in [5, 5.41) is 18.3. The van der Waals surface area contributed by atoms with Gasteiger partial charge < -0.3 is 24.4 Å². The molecule has 1 atom stereocenters. The van der Waals surface area contributed by atoms with Gasteiger partial charge in [-0.15, -0.1) is 0 Å². The maximum absolute atomic E-state index is 12.8. The number of aliphatic carboxylic acids is 2. The van der Waals surface area contributed by atoms with Crippen molar-refractivity contribution in [3.63, 3.8) is 0 Å². The fraction of sp³-hybridized carbons (Fsp3) is 0.333. The highest BCUT2D eigenvalue weighted by Gasteiger charge is 2.40. The molecule has 2 rings (SSSR count). The minimum atomic E-state index is -1.36. The molecule has 1 aromatic carbocycles. The fourth-order valence-corrected chi connectivity index (χ4v) is 4.06. The van der Waals surface area contributed by atoms with Crippen LogP contribution in [0, 0.1) is 0 Å². The average Bonchev–Trinajstić information content (AvgIpc) is 2.94. The first-order chi connectivity index (χ1) is 13.7. The van der Waals surface area contributed by atoms with Crippen LogP contribution in [0.4, 0.5) is 0 Å². The van der Waals surface area contributed by atoms with Crippen molar-refractivity contribution in [2.45, 2.75) is 18.9 Å². The zero-order valence-corrected chi connectivity index (χ0v) is 17.5. The van der Waals surface area contributed by atoms with Gasteiger partial charge in [0.05, 0.1) is 26.2 Å². The molecule has 0 aliphatic carbocycles. The highest BCUT2D eigenvalue weighted by atomic mass is 32.2. The minimum Gasteiger partial charge on any atom is -0.493 e. The Morgan fingerprint density at radius 2 is 1.76 bits per heavy atom. The molecular weight excluding hydrogens is 422 g/mol. The molecule has 0 bridgehead atoms. The lowest BCUT2D eigenvalue weighted by Gasteiger charge is -2.22. The molecule has 2 N–H and O–H groups in total. The third kappa shape index (κ3) is 4.98. The lowest BCUT2D eigenvalue weighted by Crippen LogP contribution is -2.44. The summed E-state index contributed by atoms with van der Waals surface area (Å²) >= 11 is 6.11. The lowest BCUT2D eigenvalue weighted by atomic mass is 10.1. The molecule has 11 heteroatoms. The number of amides is 1. The molecule has 1 heterocycles. The summed E-state index contributed by atoms with van der Waals surface area (Å²) in [6, 6.07) is 1.91. The quantitative estimate of drug-likeness (QED) is 0.436. The summed E-state index contributed by atoms with van der Waals surface area (Å²) in [6.45, 7) is 0. The first kappa shape index (κ1) is 22.5. The van der Waals surface area contributed by atoms with Crippen LogP contribution in [0.2, 0.25) is 0 Å². The Kier molecular flexibility index (Phi) is 7.46. The van der Waals surface area contributed by atoms with E-state index in [9.17, 15) is 19.5 Å². The Morgan fingerprint density at radius 3 is 2.21 bits per heavy atom. The van der Waals surface area contributed by atoms with E-state index in [1.54, 1.807) is 12.1 Å². The number of thioether (sulfide) groups is 1. The number of carboxylic acids is 2. The van der Waals surface area contributed by atoms with Crippen LogP contribution in [0.1, 0.15) is 18.4 Å². The molecule has 29 heavy (non-hydrogen) atoms. The van der Waals surface area contributed by atoms with Gasteiger partial charge in [0.15, 0.2) is 11.5 Å².